The summed E-state index contributed by atoms with van der Waals surface area (Å²) in [6, 6.07) is 6.69. The summed E-state index contributed by atoms with van der Waals surface area (Å²) in [7, 11) is 0. The Labute approximate surface area is 100 Å². The number of ether oxygens (including phenoxy) is 1. The molecule has 1 saturated heterocycles. The molecule has 0 aliphatic carbocycles. The van der Waals surface area contributed by atoms with Crippen molar-refractivity contribution in [2.45, 2.75) is 19.4 Å². The summed E-state index contributed by atoms with van der Waals surface area (Å²) < 4.78 is 19.1. The van der Waals surface area contributed by atoms with E-state index < -0.39 is 5.82 Å². The zero-order valence-corrected chi connectivity index (χ0v) is 9.82. The van der Waals surface area contributed by atoms with Crippen molar-refractivity contribution in [3.63, 3.8) is 0 Å². The Hall–Kier alpha value is -1.60. The summed E-state index contributed by atoms with van der Waals surface area (Å²) in [5.41, 5.74) is 0.798. The van der Waals surface area contributed by atoms with Crippen molar-refractivity contribution < 1.29 is 9.13 Å². The topological polar surface area (TPSA) is 36.3 Å². The lowest BCUT2D eigenvalue weighted by Crippen LogP contribution is -2.30. The van der Waals surface area contributed by atoms with E-state index in [1.165, 1.54) is 6.07 Å². The SMILES string of the molecule is CC1CN(c2cccc(F)c2C#N)CCCO1. The van der Waals surface area contributed by atoms with E-state index in [1.54, 1.807) is 12.1 Å². The third-order valence-electron chi connectivity index (χ3n) is 2.90. The average Bonchev–Trinajstić information content (AvgIpc) is 2.53. The van der Waals surface area contributed by atoms with Crippen LogP contribution in [0.4, 0.5) is 10.1 Å². The fourth-order valence-electron chi connectivity index (χ4n) is 2.10. The van der Waals surface area contributed by atoms with Gasteiger partial charge in [0.1, 0.15) is 17.4 Å². The van der Waals surface area contributed by atoms with E-state index in [0.717, 1.165) is 19.6 Å². The van der Waals surface area contributed by atoms with Gasteiger partial charge in [0.2, 0.25) is 0 Å². The van der Waals surface area contributed by atoms with Gasteiger partial charge in [0.05, 0.1) is 11.8 Å². The maximum atomic E-state index is 13.5. The van der Waals surface area contributed by atoms with Crippen molar-refractivity contribution in [1.29, 1.82) is 5.26 Å². The Morgan fingerprint density at radius 2 is 2.35 bits per heavy atom. The van der Waals surface area contributed by atoms with Crippen LogP contribution >= 0.6 is 0 Å². The first kappa shape index (κ1) is 11.9. The molecule has 0 aromatic heterocycles. The largest absolute Gasteiger partial charge is 0.377 e. The molecule has 17 heavy (non-hydrogen) atoms. The quantitative estimate of drug-likeness (QED) is 0.748. The molecular weight excluding hydrogens is 219 g/mol. The van der Waals surface area contributed by atoms with Crippen LogP contribution < -0.4 is 4.90 Å². The summed E-state index contributed by atoms with van der Waals surface area (Å²) in [6.45, 7) is 4.19. The van der Waals surface area contributed by atoms with Gasteiger partial charge in [0, 0.05) is 19.7 Å². The fraction of sp³-hybridized carbons (Fsp3) is 0.462. The number of nitrogens with zero attached hydrogens (tertiary/aromatic N) is 2. The lowest BCUT2D eigenvalue weighted by atomic mass is 10.1. The molecule has 1 aromatic carbocycles. The summed E-state index contributed by atoms with van der Waals surface area (Å²) >= 11 is 0. The molecule has 0 radical (unpaired) electrons. The molecule has 0 saturated carbocycles. The van der Waals surface area contributed by atoms with E-state index in [4.69, 9.17) is 10.00 Å². The lowest BCUT2D eigenvalue weighted by molar-refractivity contribution is 0.0821. The normalized spacial score (nSPS) is 20.8. The number of hydrogen-bond donors (Lipinski definition) is 0. The number of hydrogen-bond acceptors (Lipinski definition) is 3. The Kier molecular flexibility index (Phi) is 3.60. The molecule has 1 unspecified atom stereocenters. The van der Waals surface area contributed by atoms with Crippen molar-refractivity contribution >= 4 is 5.69 Å². The zero-order chi connectivity index (χ0) is 12.3. The first-order chi connectivity index (χ1) is 8.22. The molecular formula is C13H15FN2O. The molecule has 90 valence electrons. The number of nitriles is 1. The Morgan fingerprint density at radius 3 is 3.12 bits per heavy atom. The van der Waals surface area contributed by atoms with Gasteiger partial charge in [0.15, 0.2) is 0 Å². The second-order valence-corrected chi connectivity index (χ2v) is 4.23. The number of halogens is 1. The first-order valence-electron chi connectivity index (χ1n) is 5.77. The summed E-state index contributed by atoms with van der Waals surface area (Å²) in [5.74, 6) is -0.456. The third kappa shape index (κ3) is 2.56. The number of benzene rings is 1. The molecule has 0 amide bonds. The maximum Gasteiger partial charge on any atom is 0.143 e. The van der Waals surface area contributed by atoms with E-state index >= 15 is 0 Å². The predicted octanol–water partition coefficient (Wildman–Crippen LogP) is 2.31. The third-order valence-corrected chi connectivity index (χ3v) is 2.90. The van der Waals surface area contributed by atoms with Crippen molar-refractivity contribution in [2.75, 3.05) is 24.6 Å². The number of anilines is 1. The highest BCUT2D eigenvalue weighted by Gasteiger charge is 2.19. The Balaban J connectivity index is 2.32. The minimum Gasteiger partial charge on any atom is -0.377 e. The molecule has 1 fully saturated rings. The van der Waals surface area contributed by atoms with Gasteiger partial charge in [-0.05, 0) is 25.5 Å². The van der Waals surface area contributed by atoms with Gasteiger partial charge in [-0.25, -0.2) is 4.39 Å². The van der Waals surface area contributed by atoms with Crippen LogP contribution in [0.3, 0.4) is 0 Å². The Morgan fingerprint density at radius 1 is 1.53 bits per heavy atom. The smallest absolute Gasteiger partial charge is 0.143 e. The van der Waals surface area contributed by atoms with Crippen molar-refractivity contribution in [3.8, 4) is 6.07 Å². The second-order valence-electron chi connectivity index (χ2n) is 4.23. The molecule has 2 rings (SSSR count). The first-order valence-corrected chi connectivity index (χ1v) is 5.77. The van der Waals surface area contributed by atoms with E-state index in [9.17, 15) is 4.39 Å². The molecule has 3 nitrogen and oxygen atoms in total. The van der Waals surface area contributed by atoms with E-state index in [0.29, 0.717) is 12.2 Å². The fourth-order valence-corrected chi connectivity index (χ4v) is 2.10. The summed E-state index contributed by atoms with van der Waals surface area (Å²) in [4.78, 5) is 2.03. The monoisotopic (exact) mass is 234 g/mol. The van der Waals surface area contributed by atoms with Gasteiger partial charge in [-0.3, -0.25) is 0 Å². The van der Waals surface area contributed by atoms with Gasteiger partial charge in [-0.1, -0.05) is 6.07 Å². The van der Waals surface area contributed by atoms with E-state index in [2.05, 4.69) is 0 Å². The molecule has 4 heteroatoms. The van der Waals surface area contributed by atoms with Crippen LogP contribution in [0.2, 0.25) is 0 Å². The maximum absolute atomic E-state index is 13.5. The molecule has 0 bridgehead atoms. The van der Waals surface area contributed by atoms with Crippen LogP contribution in [-0.2, 0) is 4.74 Å². The van der Waals surface area contributed by atoms with E-state index in [1.807, 2.05) is 17.9 Å². The summed E-state index contributed by atoms with van der Waals surface area (Å²) in [6.07, 6.45) is 0.999. The molecule has 1 aliphatic rings. The molecule has 0 N–H and O–H groups in total. The highest BCUT2D eigenvalue weighted by atomic mass is 19.1. The lowest BCUT2D eigenvalue weighted by Gasteiger charge is -2.25. The van der Waals surface area contributed by atoms with Gasteiger partial charge >= 0.3 is 0 Å². The van der Waals surface area contributed by atoms with Crippen molar-refractivity contribution in [2.24, 2.45) is 0 Å². The van der Waals surface area contributed by atoms with Crippen LogP contribution in [0.15, 0.2) is 18.2 Å². The number of rotatable bonds is 1. The second kappa shape index (κ2) is 5.15. The van der Waals surface area contributed by atoms with Crippen molar-refractivity contribution in [3.05, 3.63) is 29.6 Å². The van der Waals surface area contributed by atoms with Gasteiger partial charge in [-0.2, -0.15) is 5.26 Å². The molecule has 1 atom stereocenters. The minimum atomic E-state index is -0.456. The average molecular weight is 234 g/mol. The van der Waals surface area contributed by atoms with Crippen LogP contribution in [-0.4, -0.2) is 25.8 Å². The molecule has 1 aliphatic heterocycles. The summed E-state index contributed by atoms with van der Waals surface area (Å²) in [5, 5.41) is 9.02. The van der Waals surface area contributed by atoms with E-state index in [-0.39, 0.29) is 11.7 Å². The van der Waals surface area contributed by atoms with Gasteiger partial charge in [0.25, 0.3) is 0 Å². The molecule has 0 spiro atoms. The highest BCUT2D eigenvalue weighted by Crippen LogP contribution is 2.24. The standard InChI is InChI=1S/C13H15FN2O/c1-10-9-16(6-3-7-17-10)13-5-2-4-12(14)11(13)8-15/h2,4-5,10H,3,6-7,9H2,1H3. The Bertz CT molecular complexity index is 442. The van der Waals surface area contributed by atoms with Crippen LogP contribution in [0, 0.1) is 17.1 Å². The predicted molar refractivity (Wildman–Crippen MR) is 63.4 cm³/mol. The van der Waals surface area contributed by atoms with Gasteiger partial charge < -0.3 is 9.64 Å². The zero-order valence-electron chi connectivity index (χ0n) is 9.82. The van der Waals surface area contributed by atoms with Crippen LogP contribution in [0.25, 0.3) is 0 Å². The van der Waals surface area contributed by atoms with Crippen LogP contribution in [0.1, 0.15) is 18.9 Å². The van der Waals surface area contributed by atoms with Gasteiger partial charge in [-0.15, -0.1) is 0 Å². The van der Waals surface area contributed by atoms with Crippen LogP contribution in [0.5, 0.6) is 0 Å². The molecule has 1 heterocycles. The highest BCUT2D eigenvalue weighted by molar-refractivity contribution is 5.60. The van der Waals surface area contributed by atoms with Crippen molar-refractivity contribution in [1.82, 2.24) is 0 Å². The minimum absolute atomic E-state index is 0.104. The molecule has 1 aromatic rings.